The minimum Gasteiger partial charge on any atom is -0.344 e. The predicted octanol–water partition coefficient (Wildman–Crippen LogP) is 3.35. The molecule has 1 aromatic carbocycles. The summed E-state index contributed by atoms with van der Waals surface area (Å²) in [6, 6.07) is 8.08. The molecule has 1 amide bonds. The highest BCUT2D eigenvalue weighted by molar-refractivity contribution is 7.09. The lowest BCUT2D eigenvalue weighted by atomic mass is 10.0. The molecule has 2 rings (SSSR count). The first kappa shape index (κ1) is 15.7. The maximum absolute atomic E-state index is 12.3. The molecular weight excluding hydrogens is 282 g/mol. The Labute approximate surface area is 129 Å². The Balaban J connectivity index is 2.10. The fourth-order valence-corrected chi connectivity index (χ4v) is 2.81. The van der Waals surface area contributed by atoms with Crippen LogP contribution in [0.4, 0.5) is 0 Å². The van der Waals surface area contributed by atoms with Gasteiger partial charge in [0.2, 0.25) is 0 Å². The van der Waals surface area contributed by atoms with Crippen molar-refractivity contribution in [1.29, 1.82) is 0 Å². The van der Waals surface area contributed by atoms with E-state index in [2.05, 4.69) is 41.5 Å². The number of carbonyl (C=O) groups is 1. The van der Waals surface area contributed by atoms with Crippen LogP contribution in [0, 0.1) is 6.92 Å². The van der Waals surface area contributed by atoms with E-state index in [4.69, 9.17) is 5.73 Å². The van der Waals surface area contributed by atoms with E-state index < -0.39 is 0 Å². The number of nitrogens with two attached hydrogens (primary N) is 1. The van der Waals surface area contributed by atoms with E-state index in [0.717, 1.165) is 17.0 Å². The molecule has 21 heavy (non-hydrogen) atoms. The molecule has 4 nitrogen and oxygen atoms in total. The Morgan fingerprint density at radius 2 is 2.05 bits per heavy atom. The van der Waals surface area contributed by atoms with Crippen LogP contribution in [-0.2, 0) is 0 Å². The first-order chi connectivity index (χ1) is 10.0. The zero-order chi connectivity index (χ0) is 15.4. The van der Waals surface area contributed by atoms with Gasteiger partial charge in [-0.2, -0.15) is 0 Å². The fraction of sp³-hybridized carbons (Fsp3) is 0.375. The van der Waals surface area contributed by atoms with Crippen LogP contribution in [0.3, 0.4) is 0 Å². The Morgan fingerprint density at radius 3 is 2.57 bits per heavy atom. The first-order valence-corrected chi connectivity index (χ1v) is 7.97. The third kappa shape index (κ3) is 3.89. The molecule has 5 heteroatoms. The summed E-state index contributed by atoms with van der Waals surface area (Å²) in [4.78, 5) is 16.6. The highest BCUT2D eigenvalue weighted by atomic mass is 32.1. The van der Waals surface area contributed by atoms with Crippen molar-refractivity contribution in [2.24, 2.45) is 5.73 Å². The van der Waals surface area contributed by atoms with Crippen molar-refractivity contribution >= 4 is 17.2 Å². The monoisotopic (exact) mass is 303 g/mol. The molecule has 0 saturated carbocycles. The number of carbonyl (C=O) groups excluding carboxylic acids is 1. The summed E-state index contributed by atoms with van der Waals surface area (Å²) in [5, 5.41) is 5.58. The number of hydrogen-bond donors (Lipinski definition) is 2. The molecule has 1 heterocycles. The van der Waals surface area contributed by atoms with Crippen LogP contribution in [0.2, 0.25) is 0 Å². The van der Waals surface area contributed by atoms with Crippen LogP contribution in [-0.4, -0.2) is 10.9 Å². The van der Waals surface area contributed by atoms with Gasteiger partial charge in [0, 0.05) is 5.38 Å². The topological polar surface area (TPSA) is 68.0 Å². The lowest BCUT2D eigenvalue weighted by molar-refractivity contribution is 0.0931. The Bertz CT molecular complexity index is 604. The van der Waals surface area contributed by atoms with E-state index in [1.807, 2.05) is 13.8 Å². The van der Waals surface area contributed by atoms with Crippen molar-refractivity contribution in [3.05, 3.63) is 51.5 Å². The van der Waals surface area contributed by atoms with Gasteiger partial charge in [0.05, 0.1) is 12.1 Å². The second-order valence-electron chi connectivity index (χ2n) is 5.20. The standard InChI is InChI=1S/C16H21N3OS/c1-4-13(12-7-5-10(2)6-8-12)18-15(20)14-9-21-16(19-14)11(3)17/h5-9,11,13H,4,17H2,1-3H3,(H,18,20). The Kier molecular flexibility index (Phi) is 5.09. The van der Waals surface area contributed by atoms with Gasteiger partial charge in [-0.3, -0.25) is 4.79 Å². The highest BCUT2D eigenvalue weighted by Gasteiger charge is 2.17. The summed E-state index contributed by atoms with van der Waals surface area (Å²) in [7, 11) is 0. The van der Waals surface area contributed by atoms with Gasteiger partial charge in [0.25, 0.3) is 5.91 Å². The maximum Gasteiger partial charge on any atom is 0.271 e. The van der Waals surface area contributed by atoms with Crippen molar-refractivity contribution in [2.45, 2.75) is 39.3 Å². The first-order valence-electron chi connectivity index (χ1n) is 7.09. The maximum atomic E-state index is 12.3. The van der Waals surface area contributed by atoms with E-state index in [9.17, 15) is 4.79 Å². The molecule has 3 N–H and O–H groups in total. The van der Waals surface area contributed by atoms with Gasteiger partial charge in [-0.15, -0.1) is 11.3 Å². The van der Waals surface area contributed by atoms with Gasteiger partial charge in [-0.05, 0) is 25.8 Å². The average molecular weight is 303 g/mol. The Morgan fingerprint density at radius 1 is 1.38 bits per heavy atom. The molecule has 0 spiro atoms. The number of benzene rings is 1. The van der Waals surface area contributed by atoms with E-state index in [1.54, 1.807) is 5.38 Å². The number of aromatic nitrogens is 1. The molecule has 0 aliphatic rings. The second kappa shape index (κ2) is 6.83. The molecule has 0 radical (unpaired) electrons. The van der Waals surface area contributed by atoms with E-state index in [0.29, 0.717) is 5.69 Å². The van der Waals surface area contributed by atoms with Crippen LogP contribution in [0.5, 0.6) is 0 Å². The smallest absolute Gasteiger partial charge is 0.271 e. The number of hydrogen-bond acceptors (Lipinski definition) is 4. The summed E-state index contributed by atoms with van der Waals surface area (Å²) in [5.41, 5.74) is 8.54. The SMILES string of the molecule is CCC(NC(=O)c1csc(C(C)N)n1)c1ccc(C)cc1. The Hall–Kier alpha value is -1.72. The number of nitrogens with one attached hydrogen (secondary N) is 1. The zero-order valence-corrected chi connectivity index (χ0v) is 13.4. The summed E-state index contributed by atoms with van der Waals surface area (Å²) in [5.74, 6) is -0.148. The number of amides is 1. The van der Waals surface area contributed by atoms with Gasteiger partial charge in [0.1, 0.15) is 10.7 Å². The van der Waals surface area contributed by atoms with Crippen molar-refractivity contribution in [1.82, 2.24) is 10.3 Å². The molecule has 0 aliphatic heterocycles. The molecule has 0 saturated heterocycles. The molecule has 0 fully saturated rings. The molecule has 2 aromatic rings. The lowest BCUT2D eigenvalue weighted by Crippen LogP contribution is -2.28. The largest absolute Gasteiger partial charge is 0.344 e. The average Bonchev–Trinajstić information content (AvgIpc) is 2.96. The summed E-state index contributed by atoms with van der Waals surface area (Å²) < 4.78 is 0. The van der Waals surface area contributed by atoms with E-state index >= 15 is 0 Å². The third-order valence-corrected chi connectivity index (χ3v) is 4.38. The van der Waals surface area contributed by atoms with Crippen LogP contribution >= 0.6 is 11.3 Å². The quantitative estimate of drug-likeness (QED) is 0.890. The minimum atomic E-state index is -0.148. The van der Waals surface area contributed by atoms with Crippen LogP contribution in [0.15, 0.2) is 29.6 Å². The summed E-state index contributed by atoms with van der Waals surface area (Å²) in [6.45, 7) is 5.97. The van der Waals surface area contributed by atoms with Gasteiger partial charge >= 0.3 is 0 Å². The number of aryl methyl sites for hydroxylation is 1. The molecular formula is C16H21N3OS. The molecule has 0 aliphatic carbocycles. The molecule has 112 valence electrons. The lowest BCUT2D eigenvalue weighted by Gasteiger charge is -2.17. The third-order valence-electron chi connectivity index (χ3n) is 3.34. The highest BCUT2D eigenvalue weighted by Crippen LogP contribution is 2.20. The summed E-state index contributed by atoms with van der Waals surface area (Å²) in [6.07, 6.45) is 0.832. The second-order valence-corrected chi connectivity index (χ2v) is 6.09. The number of nitrogens with zero attached hydrogens (tertiary/aromatic N) is 1. The molecule has 0 bridgehead atoms. The number of thiazole rings is 1. The van der Waals surface area contributed by atoms with Crippen LogP contribution in [0.1, 0.15) is 59.0 Å². The van der Waals surface area contributed by atoms with Crippen LogP contribution < -0.4 is 11.1 Å². The summed E-state index contributed by atoms with van der Waals surface area (Å²) >= 11 is 1.42. The van der Waals surface area contributed by atoms with Crippen LogP contribution in [0.25, 0.3) is 0 Å². The normalized spacial score (nSPS) is 13.7. The fourth-order valence-electron chi connectivity index (χ4n) is 2.05. The minimum absolute atomic E-state index is 0.00134. The predicted molar refractivity (Wildman–Crippen MR) is 86.4 cm³/mol. The molecule has 2 atom stereocenters. The van der Waals surface area contributed by atoms with Crippen molar-refractivity contribution < 1.29 is 4.79 Å². The van der Waals surface area contributed by atoms with E-state index in [1.165, 1.54) is 16.9 Å². The molecule has 2 unspecified atom stereocenters. The van der Waals surface area contributed by atoms with Crippen molar-refractivity contribution in [2.75, 3.05) is 0 Å². The van der Waals surface area contributed by atoms with E-state index in [-0.39, 0.29) is 18.0 Å². The van der Waals surface area contributed by atoms with Gasteiger partial charge < -0.3 is 11.1 Å². The van der Waals surface area contributed by atoms with Gasteiger partial charge in [-0.25, -0.2) is 4.98 Å². The zero-order valence-electron chi connectivity index (χ0n) is 12.6. The van der Waals surface area contributed by atoms with Gasteiger partial charge in [-0.1, -0.05) is 36.8 Å². The van der Waals surface area contributed by atoms with Gasteiger partial charge in [0.15, 0.2) is 0 Å². The van der Waals surface area contributed by atoms with Crippen molar-refractivity contribution in [3.8, 4) is 0 Å². The van der Waals surface area contributed by atoms with Crippen molar-refractivity contribution in [3.63, 3.8) is 0 Å². The number of rotatable bonds is 5. The molecule has 1 aromatic heterocycles.